The van der Waals surface area contributed by atoms with Gasteiger partial charge in [-0.2, -0.15) is 0 Å². The van der Waals surface area contributed by atoms with Crippen LogP contribution >= 0.6 is 0 Å². The minimum atomic E-state index is -0.0866. The van der Waals surface area contributed by atoms with Gasteiger partial charge in [-0.15, -0.1) is 0 Å². The molecule has 0 spiro atoms. The second-order valence-corrected chi connectivity index (χ2v) is 9.38. The maximum Gasteiger partial charge on any atom is 0.220 e. The number of hydrogen-bond acceptors (Lipinski definition) is 1. The molecule has 2 nitrogen and oxygen atoms in total. The maximum atomic E-state index is 11.5. The van der Waals surface area contributed by atoms with E-state index >= 15 is 0 Å². The Bertz CT molecular complexity index is 377. The number of amides is 1. The van der Waals surface area contributed by atoms with Gasteiger partial charge in [-0.1, -0.05) is 129 Å². The number of hydrogen-bond donors (Lipinski definition) is 1. The number of carbonyl (C=O) groups excluding carboxylic acids is 1. The zero-order valence-corrected chi connectivity index (χ0v) is 20.8. The normalized spacial score (nSPS) is 12.6. The van der Waals surface area contributed by atoms with E-state index in [1.54, 1.807) is 0 Å². The van der Waals surface area contributed by atoms with E-state index in [4.69, 9.17) is 5.73 Å². The fraction of sp³-hybridized carbons (Fsp3) is 0.893. The van der Waals surface area contributed by atoms with Crippen molar-refractivity contribution in [1.29, 1.82) is 0 Å². The molecule has 0 aromatic rings. The lowest BCUT2D eigenvalue weighted by Crippen LogP contribution is -2.23. The van der Waals surface area contributed by atoms with Gasteiger partial charge in [0, 0.05) is 5.92 Å². The number of allylic oxidation sites excluding steroid dienone is 2. The molecule has 30 heavy (non-hydrogen) atoms. The molecule has 1 unspecified atom stereocenters. The van der Waals surface area contributed by atoms with Gasteiger partial charge in [0.1, 0.15) is 0 Å². The SMILES string of the molecule is CCCCCCCCCCCCC/C=C\CCCCCCC(CCCCC)C(N)=O. The van der Waals surface area contributed by atoms with Crippen molar-refractivity contribution in [2.45, 2.75) is 155 Å². The average molecular weight is 422 g/mol. The van der Waals surface area contributed by atoms with Crippen molar-refractivity contribution in [3.63, 3.8) is 0 Å². The lowest BCUT2D eigenvalue weighted by molar-refractivity contribution is -0.122. The summed E-state index contributed by atoms with van der Waals surface area (Å²) in [6.07, 6.45) is 33.4. The second kappa shape index (κ2) is 24.5. The molecular formula is C28H55NO. The van der Waals surface area contributed by atoms with E-state index in [0.29, 0.717) is 0 Å². The summed E-state index contributed by atoms with van der Waals surface area (Å²) in [7, 11) is 0. The first-order valence-electron chi connectivity index (χ1n) is 13.7. The molecular weight excluding hydrogens is 366 g/mol. The average Bonchev–Trinajstić information content (AvgIpc) is 2.74. The van der Waals surface area contributed by atoms with Gasteiger partial charge in [-0.3, -0.25) is 4.79 Å². The molecule has 0 bridgehead atoms. The number of carbonyl (C=O) groups is 1. The van der Waals surface area contributed by atoms with Gasteiger partial charge in [0.25, 0.3) is 0 Å². The molecule has 0 saturated heterocycles. The first-order chi connectivity index (χ1) is 14.7. The Morgan fingerprint density at radius 3 is 1.33 bits per heavy atom. The van der Waals surface area contributed by atoms with Crippen LogP contribution in [0.2, 0.25) is 0 Å². The van der Waals surface area contributed by atoms with E-state index in [1.807, 2.05) is 0 Å². The highest BCUT2D eigenvalue weighted by atomic mass is 16.1. The van der Waals surface area contributed by atoms with Crippen LogP contribution in [0.3, 0.4) is 0 Å². The van der Waals surface area contributed by atoms with Gasteiger partial charge in [0.15, 0.2) is 0 Å². The standard InChI is InChI=1S/C28H55NO/c1-3-5-7-8-9-10-11-12-13-14-15-16-17-18-19-20-21-22-24-26-27(28(29)30)25-23-6-4-2/h17-18,27H,3-16,19-26H2,1-2H3,(H2,29,30)/b18-17-. The Kier molecular flexibility index (Phi) is 23.8. The van der Waals surface area contributed by atoms with Crippen molar-refractivity contribution in [1.82, 2.24) is 0 Å². The smallest absolute Gasteiger partial charge is 0.220 e. The molecule has 0 rings (SSSR count). The molecule has 0 aliphatic carbocycles. The molecule has 1 atom stereocenters. The molecule has 0 aliphatic rings. The minimum Gasteiger partial charge on any atom is -0.369 e. The van der Waals surface area contributed by atoms with Crippen LogP contribution < -0.4 is 5.73 Å². The molecule has 0 aliphatic heterocycles. The number of nitrogens with two attached hydrogens (primary N) is 1. The quantitative estimate of drug-likeness (QED) is 0.122. The topological polar surface area (TPSA) is 43.1 Å². The summed E-state index contributed by atoms with van der Waals surface area (Å²) in [6, 6.07) is 0. The number of primary amides is 1. The largest absolute Gasteiger partial charge is 0.369 e. The highest BCUT2D eigenvalue weighted by molar-refractivity contribution is 5.76. The van der Waals surface area contributed by atoms with Gasteiger partial charge in [0.2, 0.25) is 5.91 Å². The molecule has 0 saturated carbocycles. The minimum absolute atomic E-state index is 0.0866. The first-order valence-corrected chi connectivity index (χ1v) is 13.7. The van der Waals surface area contributed by atoms with Crippen molar-refractivity contribution in [3.8, 4) is 0 Å². The van der Waals surface area contributed by atoms with Crippen molar-refractivity contribution in [3.05, 3.63) is 12.2 Å². The van der Waals surface area contributed by atoms with E-state index in [0.717, 1.165) is 25.7 Å². The molecule has 1 amide bonds. The molecule has 0 aromatic carbocycles. The maximum absolute atomic E-state index is 11.5. The van der Waals surface area contributed by atoms with E-state index in [1.165, 1.54) is 116 Å². The summed E-state index contributed by atoms with van der Waals surface area (Å²) < 4.78 is 0. The Hall–Kier alpha value is -0.790. The van der Waals surface area contributed by atoms with Gasteiger partial charge in [-0.25, -0.2) is 0 Å². The Labute approximate surface area is 189 Å². The van der Waals surface area contributed by atoms with Gasteiger partial charge < -0.3 is 5.73 Å². The predicted octanol–water partition coefficient (Wildman–Crippen LogP) is 9.27. The van der Waals surface area contributed by atoms with E-state index in [2.05, 4.69) is 26.0 Å². The van der Waals surface area contributed by atoms with Crippen molar-refractivity contribution < 1.29 is 4.79 Å². The molecule has 0 heterocycles. The molecule has 0 fully saturated rings. The van der Waals surface area contributed by atoms with Crippen LogP contribution in [0.4, 0.5) is 0 Å². The molecule has 0 radical (unpaired) electrons. The fourth-order valence-corrected chi connectivity index (χ4v) is 4.24. The highest BCUT2D eigenvalue weighted by Crippen LogP contribution is 2.18. The number of rotatable bonds is 24. The Morgan fingerprint density at radius 1 is 0.567 bits per heavy atom. The van der Waals surface area contributed by atoms with Gasteiger partial charge >= 0.3 is 0 Å². The zero-order chi connectivity index (χ0) is 22.1. The van der Waals surface area contributed by atoms with E-state index in [-0.39, 0.29) is 11.8 Å². The van der Waals surface area contributed by atoms with Crippen LogP contribution in [0.25, 0.3) is 0 Å². The summed E-state index contributed by atoms with van der Waals surface area (Å²) in [5.41, 5.74) is 5.55. The second-order valence-electron chi connectivity index (χ2n) is 9.38. The first kappa shape index (κ1) is 29.2. The Balaban J connectivity index is 3.32. The monoisotopic (exact) mass is 421 g/mol. The van der Waals surface area contributed by atoms with Crippen LogP contribution in [0.5, 0.6) is 0 Å². The fourth-order valence-electron chi connectivity index (χ4n) is 4.24. The lowest BCUT2D eigenvalue weighted by Gasteiger charge is -2.12. The summed E-state index contributed by atoms with van der Waals surface area (Å²) in [4.78, 5) is 11.5. The van der Waals surface area contributed by atoms with Gasteiger partial charge in [-0.05, 0) is 38.5 Å². The predicted molar refractivity (Wildman–Crippen MR) is 135 cm³/mol. The van der Waals surface area contributed by atoms with E-state index < -0.39 is 0 Å². The third-order valence-corrected chi connectivity index (χ3v) is 6.37. The zero-order valence-electron chi connectivity index (χ0n) is 20.8. The van der Waals surface area contributed by atoms with Crippen molar-refractivity contribution >= 4 is 5.91 Å². The lowest BCUT2D eigenvalue weighted by atomic mass is 9.94. The summed E-state index contributed by atoms with van der Waals surface area (Å²) in [5, 5.41) is 0. The third kappa shape index (κ3) is 21.9. The Morgan fingerprint density at radius 2 is 0.900 bits per heavy atom. The van der Waals surface area contributed by atoms with Crippen LogP contribution in [0.15, 0.2) is 12.2 Å². The molecule has 2 heteroatoms. The molecule has 2 N–H and O–H groups in total. The third-order valence-electron chi connectivity index (χ3n) is 6.37. The van der Waals surface area contributed by atoms with Crippen LogP contribution in [-0.2, 0) is 4.79 Å². The van der Waals surface area contributed by atoms with E-state index in [9.17, 15) is 4.79 Å². The summed E-state index contributed by atoms with van der Waals surface area (Å²) in [5.74, 6) is 0.0266. The molecule has 0 aromatic heterocycles. The van der Waals surface area contributed by atoms with Crippen molar-refractivity contribution in [2.75, 3.05) is 0 Å². The van der Waals surface area contributed by atoms with Crippen LogP contribution in [-0.4, -0.2) is 5.91 Å². The van der Waals surface area contributed by atoms with Gasteiger partial charge in [0.05, 0.1) is 0 Å². The molecule has 178 valence electrons. The summed E-state index contributed by atoms with van der Waals surface area (Å²) in [6.45, 7) is 4.49. The number of unbranched alkanes of at least 4 members (excludes halogenated alkanes) is 17. The van der Waals surface area contributed by atoms with Crippen molar-refractivity contribution in [2.24, 2.45) is 11.7 Å². The van der Waals surface area contributed by atoms with Crippen LogP contribution in [0, 0.1) is 5.92 Å². The summed E-state index contributed by atoms with van der Waals surface area (Å²) >= 11 is 0. The highest BCUT2D eigenvalue weighted by Gasteiger charge is 2.13. The van der Waals surface area contributed by atoms with Crippen LogP contribution in [0.1, 0.15) is 155 Å².